The summed E-state index contributed by atoms with van der Waals surface area (Å²) in [7, 11) is -1.79. The fraction of sp³-hybridized carbons (Fsp3) is 0.909. The standard InChI is InChI=1S/C11H25N3O3S.ClH/c1-10(2,7-12)8-14(5)9(15)11(3,4)13-18(6,16)17;/h13H,7-8,12H2,1-6H3;1H. The van der Waals surface area contributed by atoms with Crippen molar-refractivity contribution in [3.05, 3.63) is 0 Å². The van der Waals surface area contributed by atoms with Gasteiger partial charge in [-0.15, -0.1) is 12.4 Å². The van der Waals surface area contributed by atoms with Crippen molar-refractivity contribution >= 4 is 28.3 Å². The first-order chi connectivity index (χ1) is 7.81. The van der Waals surface area contributed by atoms with Gasteiger partial charge in [0.1, 0.15) is 5.54 Å². The minimum atomic E-state index is -3.43. The molecule has 0 fully saturated rings. The third kappa shape index (κ3) is 7.71. The number of nitrogens with zero attached hydrogens (tertiary/aromatic N) is 1. The number of likely N-dealkylation sites (N-methyl/N-ethyl adjacent to an activating group) is 1. The topological polar surface area (TPSA) is 92.5 Å². The monoisotopic (exact) mass is 315 g/mol. The zero-order chi connectivity index (χ0) is 14.8. The van der Waals surface area contributed by atoms with Crippen LogP contribution in [0.25, 0.3) is 0 Å². The van der Waals surface area contributed by atoms with E-state index >= 15 is 0 Å². The fourth-order valence-corrected chi connectivity index (χ4v) is 2.78. The zero-order valence-electron chi connectivity index (χ0n) is 12.5. The summed E-state index contributed by atoms with van der Waals surface area (Å²) in [6.07, 6.45) is 1.03. The lowest BCUT2D eigenvalue weighted by molar-refractivity contribution is -0.136. The Balaban J connectivity index is 0. The molecule has 0 aliphatic rings. The molecule has 0 heterocycles. The molecule has 0 aromatic rings. The molecule has 0 rings (SSSR count). The van der Waals surface area contributed by atoms with E-state index in [2.05, 4.69) is 4.72 Å². The highest BCUT2D eigenvalue weighted by molar-refractivity contribution is 7.88. The lowest BCUT2D eigenvalue weighted by Gasteiger charge is -2.34. The largest absolute Gasteiger partial charge is 0.344 e. The maximum atomic E-state index is 12.2. The Morgan fingerprint density at radius 1 is 1.26 bits per heavy atom. The van der Waals surface area contributed by atoms with Crippen molar-refractivity contribution in [2.24, 2.45) is 11.1 Å². The van der Waals surface area contributed by atoms with Gasteiger partial charge in [0, 0.05) is 13.6 Å². The van der Waals surface area contributed by atoms with Crippen molar-refractivity contribution in [2.75, 3.05) is 26.4 Å². The maximum Gasteiger partial charge on any atom is 0.243 e. The summed E-state index contributed by atoms with van der Waals surface area (Å²) in [5.74, 6) is -0.283. The molecule has 0 aliphatic heterocycles. The van der Waals surface area contributed by atoms with E-state index in [1.165, 1.54) is 4.90 Å². The molecule has 0 bridgehead atoms. The lowest BCUT2D eigenvalue weighted by atomic mass is 9.92. The van der Waals surface area contributed by atoms with Crippen LogP contribution < -0.4 is 10.5 Å². The Bertz CT molecular complexity index is 407. The summed E-state index contributed by atoms with van der Waals surface area (Å²) in [5.41, 5.74) is 4.25. The smallest absolute Gasteiger partial charge is 0.243 e. The molecule has 0 aromatic carbocycles. The van der Waals surface area contributed by atoms with Crippen LogP contribution in [0.5, 0.6) is 0 Å². The number of nitrogens with two attached hydrogens (primary N) is 1. The van der Waals surface area contributed by atoms with E-state index in [-0.39, 0.29) is 23.7 Å². The van der Waals surface area contributed by atoms with Crippen LogP contribution in [0.1, 0.15) is 27.7 Å². The summed E-state index contributed by atoms with van der Waals surface area (Å²) >= 11 is 0. The Morgan fingerprint density at radius 2 is 1.68 bits per heavy atom. The van der Waals surface area contributed by atoms with Crippen molar-refractivity contribution in [1.29, 1.82) is 0 Å². The van der Waals surface area contributed by atoms with Gasteiger partial charge in [0.05, 0.1) is 6.26 Å². The molecule has 8 heteroatoms. The van der Waals surface area contributed by atoms with Crippen molar-refractivity contribution < 1.29 is 13.2 Å². The van der Waals surface area contributed by atoms with E-state index in [0.717, 1.165) is 6.26 Å². The number of carbonyl (C=O) groups excluding carboxylic acids is 1. The van der Waals surface area contributed by atoms with E-state index in [1.807, 2.05) is 13.8 Å². The third-order valence-corrected chi connectivity index (χ3v) is 3.42. The number of sulfonamides is 1. The van der Waals surface area contributed by atoms with Crippen LogP contribution in [0.4, 0.5) is 0 Å². The first-order valence-corrected chi connectivity index (χ1v) is 7.64. The second-order valence-corrected chi connectivity index (χ2v) is 7.78. The molecule has 0 saturated carbocycles. The van der Waals surface area contributed by atoms with Crippen LogP contribution in [0.2, 0.25) is 0 Å². The van der Waals surface area contributed by atoms with Crippen LogP contribution in [0.15, 0.2) is 0 Å². The zero-order valence-corrected chi connectivity index (χ0v) is 14.1. The molecule has 6 nitrogen and oxygen atoms in total. The predicted molar refractivity (Wildman–Crippen MR) is 79.8 cm³/mol. The summed E-state index contributed by atoms with van der Waals surface area (Å²) in [6.45, 7) is 7.91. The molecule has 19 heavy (non-hydrogen) atoms. The average Bonchev–Trinajstić information content (AvgIpc) is 2.12. The van der Waals surface area contributed by atoms with E-state index in [4.69, 9.17) is 5.73 Å². The first kappa shape index (κ1) is 20.9. The molecule has 0 aliphatic carbocycles. The Labute approximate surface area is 122 Å². The second kappa shape index (κ2) is 6.88. The summed E-state index contributed by atoms with van der Waals surface area (Å²) in [5, 5.41) is 0. The van der Waals surface area contributed by atoms with Crippen LogP contribution in [-0.2, 0) is 14.8 Å². The highest BCUT2D eigenvalue weighted by Crippen LogP contribution is 2.17. The highest BCUT2D eigenvalue weighted by Gasteiger charge is 2.34. The van der Waals surface area contributed by atoms with Crippen molar-refractivity contribution in [3.63, 3.8) is 0 Å². The number of hydrogen-bond acceptors (Lipinski definition) is 4. The quantitative estimate of drug-likeness (QED) is 0.731. The molecular formula is C11H26ClN3O3S. The van der Waals surface area contributed by atoms with Gasteiger partial charge in [0.25, 0.3) is 0 Å². The van der Waals surface area contributed by atoms with Crippen LogP contribution >= 0.6 is 12.4 Å². The van der Waals surface area contributed by atoms with Gasteiger partial charge >= 0.3 is 0 Å². The molecule has 3 N–H and O–H groups in total. The predicted octanol–water partition coefficient (Wildman–Crippen LogP) is 0.179. The third-order valence-electron chi connectivity index (χ3n) is 2.54. The molecule has 0 spiro atoms. The number of hydrogen-bond donors (Lipinski definition) is 2. The Morgan fingerprint density at radius 3 is 2.00 bits per heavy atom. The first-order valence-electron chi connectivity index (χ1n) is 5.75. The Hall–Kier alpha value is -0.370. The lowest BCUT2D eigenvalue weighted by Crippen LogP contribution is -2.56. The van der Waals surface area contributed by atoms with Gasteiger partial charge in [-0.2, -0.15) is 0 Å². The number of carbonyl (C=O) groups is 1. The van der Waals surface area contributed by atoms with Gasteiger partial charge in [-0.05, 0) is 25.8 Å². The molecule has 0 atom stereocenters. The molecular weight excluding hydrogens is 290 g/mol. The average molecular weight is 316 g/mol. The molecule has 0 radical (unpaired) electrons. The highest BCUT2D eigenvalue weighted by atomic mass is 35.5. The second-order valence-electron chi connectivity index (χ2n) is 6.03. The van der Waals surface area contributed by atoms with Gasteiger partial charge in [-0.3, -0.25) is 4.79 Å². The van der Waals surface area contributed by atoms with Crippen molar-refractivity contribution in [1.82, 2.24) is 9.62 Å². The number of amides is 1. The SMILES string of the molecule is CN(CC(C)(C)CN)C(=O)C(C)(C)NS(C)(=O)=O.Cl. The van der Waals surface area contributed by atoms with Crippen molar-refractivity contribution in [2.45, 2.75) is 33.2 Å². The van der Waals surface area contributed by atoms with E-state index in [0.29, 0.717) is 13.1 Å². The minimum Gasteiger partial charge on any atom is -0.344 e. The summed E-state index contributed by atoms with van der Waals surface area (Å²) in [6, 6.07) is 0. The van der Waals surface area contributed by atoms with Crippen LogP contribution in [0.3, 0.4) is 0 Å². The van der Waals surface area contributed by atoms with Gasteiger partial charge < -0.3 is 10.6 Å². The van der Waals surface area contributed by atoms with E-state index in [1.54, 1.807) is 20.9 Å². The molecule has 116 valence electrons. The maximum absolute atomic E-state index is 12.2. The normalized spacial score (nSPS) is 12.8. The van der Waals surface area contributed by atoms with Crippen LogP contribution in [-0.4, -0.2) is 51.2 Å². The van der Waals surface area contributed by atoms with Gasteiger partial charge in [0.2, 0.25) is 15.9 Å². The molecule has 0 aromatic heterocycles. The minimum absolute atomic E-state index is 0. The number of nitrogens with one attached hydrogen (secondary N) is 1. The number of halogens is 1. The summed E-state index contributed by atoms with van der Waals surface area (Å²) in [4.78, 5) is 13.7. The number of rotatable bonds is 6. The van der Waals surface area contributed by atoms with E-state index in [9.17, 15) is 13.2 Å². The van der Waals surface area contributed by atoms with Gasteiger partial charge in [-0.1, -0.05) is 13.8 Å². The van der Waals surface area contributed by atoms with E-state index < -0.39 is 15.6 Å². The van der Waals surface area contributed by atoms with Gasteiger partial charge in [0.15, 0.2) is 0 Å². The molecule has 0 saturated heterocycles. The fourth-order valence-electron chi connectivity index (χ4n) is 1.76. The Kier molecular flexibility index (Phi) is 7.58. The van der Waals surface area contributed by atoms with Gasteiger partial charge in [-0.25, -0.2) is 13.1 Å². The van der Waals surface area contributed by atoms with Crippen LogP contribution in [0, 0.1) is 5.41 Å². The summed E-state index contributed by atoms with van der Waals surface area (Å²) < 4.78 is 24.8. The molecule has 0 unspecified atom stereocenters. The van der Waals surface area contributed by atoms with Crippen molar-refractivity contribution in [3.8, 4) is 0 Å². The molecule has 1 amide bonds.